The van der Waals surface area contributed by atoms with Crippen LogP contribution in [0.4, 0.5) is 5.95 Å². The Bertz CT molecular complexity index is 918. The van der Waals surface area contributed by atoms with Gasteiger partial charge in [0.2, 0.25) is 11.9 Å². The number of methoxy groups -OCH3 is 1. The van der Waals surface area contributed by atoms with Crippen LogP contribution in [0.1, 0.15) is 12.0 Å². The fraction of sp³-hybridized carbons (Fsp3) is 0.238. The minimum Gasteiger partial charge on any atom is -0.497 e. The fourth-order valence-corrected chi connectivity index (χ4v) is 3.31. The van der Waals surface area contributed by atoms with Gasteiger partial charge < -0.3 is 9.30 Å². The Labute approximate surface area is 152 Å². The van der Waals surface area contributed by atoms with Crippen LogP contribution in [-0.2, 0) is 17.8 Å². The number of benzene rings is 2. The number of aromatic nitrogens is 2. The summed E-state index contributed by atoms with van der Waals surface area (Å²) in [6.45, 7) is 1.58. The van der Waals surface area contributed by atoms with Gasteiger partial charge in [-0.05, 0) is 24.1 Å². The number of carbonyl (C=O) groups is 1. The summed E-state index contributed by atoms with van der Waals surface area (Å²) in [5, 5.41) is 0. The maximum absolute atomic E-state index is 12.8. The van der Waals surface area contributed by atoms with E-state index in [1.165, 1.54) is 0 Å². The Morgan fingerprint density at radius 3 is 2.77 bits per heavy atom. The smallest absolute Gasteiger partial charge is 0.233 e. The number of aryl methyl sites for hydroxylation is 1. The normalized spacial score (nSPS) is 13.3. The van der Waals surface area contributed by atoms with E-state index in [9.17, 15) is 4.79 Å². The minimum atomic E-state index is 0.0833. The molecule has 0 N–H and O–H groups in total. The Morgan fingerprint density at radius 2 is 1.96 bits per heavy atom. The number of hydrogen-bond acceptors (Lipinski definition) is 3. The molecule has 0 saturated carbocycles. The molecule has 26 heavy (non-hydrogen) atoms. The van der Waals surface area contributed by atoms with Crippen molar-refractivity contribution in [3.63, 3.8) is 0 Å². The van der Waals surface area contributed by atoms with E-state index in [1.54, 1.807) is 12.0 Å². The summed E-state index contributed by atoms with van der Waals surface area (Å²) in [7, 11) is 1.65. The van der Waals surface area contributed by atoms with E-state index in [0.717, 1.165) is 41.5 Å². The van der Waals surface area contributed by atoms with Crippen molar-refractivity contribution in [2.45, 2.75) is 19.4 Å². The highest BCUT2D eigenvalue weighted by Gasteiger charge is 2.25. The predicted molar refractivity (Wildman–Crippen MR) is 101 cm³/mol. The van der Waals surface area contributed by atoms with Crippen LogP contribution in [0.2, 0.25) is 0 Å². The van der Waals surface area contributed by atoms with Crippen LogP contribution in [0, 0.1) is 0 Å². The molecule has 0 unspecified atom stereocenters. The number of amides is 1. The van der Waals surface area contributed by atoms with Crippen molar-refractivity contribution in [1.29, 1.82) is 0 Å². The second-order valence-electron chi connectivity index (χ2n) is 6.41. The fourth-order valence-electron chi connectivity index (χ4n) is 3.31. The minimum absolute atomic E-state index is 0.0833. The van der Waals surface area contributed by atoms with Crippen molar-refractivity contribution in [1.82, 2.24) is 9.55 Å². The Morgan fingerprint density at radius 1 is 1.12 bits per heavy atom. The first-order valence-corrected chi connectivity index (χ1v) is 8.80. The van der Waals surface area contributed by atoms with E-state index < -0.39 is 0 Å². The van der Waals surface area contributed by atoms with Gasteiger partial charge >= 0.3 is 0 Å². The van der Waals surface area contributed by atoms with Gasteiger partial charge in [-0.2, -0.15) is 0 Å². The highest BCUT2D eigenvalue weighted by molar-refractivity contribution is 5.93. The zero-order valence-corrected chi connectivity index (χ0v) is 14.8. The topological polar surface area (TPSA) is 47.4 Å². The average molecular weight is 347 g/mol. The number of ether oxygens (including phenoxy) is 1. The number of imidazole rings is 1. The monoisotopic (exact) mass is 347 g/mol. The Balaban J connectivity index is 1.62. The highest BCUT2D eigenvalue weighted by Crippen LogP contribution is 2.28. The number of anilines is 1. The molecule has 0 fully saturated rings. The van der Waals surface area contributed by atoms with Gasteiger partial charge in [-0.25, -0.2) is 4.98 Å². The maximum Gasteiger partial charge on any atom is 0.233 e. The molecule has 1 aliphatic rings. The van der Waals surface area contributed by atoms with Crippen LogP contribution in [0.15, 0.2) is 60.8 Å². The molecular formula is C21H21N3O2. The van der Waals surface area contributed by atoms with Gasteiger partial charge in [0.25, 0.3) is 0 Å². The van der Waals surface area contributed by atoms with Crippen LogP contribution in [0.25, 0.3) is 11.3 Å². The lowest BCUT2D eigenvalue weighted by atomic mass is 10.1. The number of hydrogen-bond donors (Lipinski definition) is 0. The van der Waals surface area contributed by atoms with E-state index >= 15 is 0 Å². The second kappa shape index (κ2) is 7.04. The molecule has 4 rings (SSSR count). The number of rotatable bonds is 4. The molecule has 0 atom stereocenters. The molecule has 5 heteroatoms. The molecule has 0 radical (unpaired) electrons. The molecule has 2 heterocycles. The van der Waals surface area contributed by atoms with Crippen molar-refractivity contribution in [3.8, 4) is 17.0 Å². The molecule has 3 aromatic rings. The lowest BCUT2D eigenvalue weighted by molar-refractivity contribution is -0.118. The van der Waals surface area contributed by atoms with Crippen molar-refractivity contribution < 1.29 is 9.53 Å². The first-order chi connectivity index (χ1) is 12.7. The summed E-state index contributed by atoms with van der Waals surface area (Å²) in [5.74, 6) is 1.61. The second-order valence-corrected chi connectivity index (χ2v) is 6.41. The van der Waals surface area contributed by atoms with Gasteiger partial charge in [-0.3, -0.25) is 9.69 Å². The third kappa shape index (κ3) is 3.20. The van der Waals surface area contributed by atoms with Crippen LogP contribution in [-0.4, -0.2) is 29.1 Å². The standard InChI is InChI=1S/C21H21N3O2/c1-26-18-10-5-9-17(14-18)19-15-23-11-6-12-24(21(23)22-19)20(25)13-16-7-3-2-4-8-16/h2-5,7-10,14-15H,6,11-13H2,1H3. The van der Waals surface area contributed by atoms with Crippen LogP contribution in [0.5, 0.6) is 5.75 Å². The number of nitrogens with zero attached hydrogens (tertiary/aromatic N) is 3. The molecule has 0 bridgehead atoms. The largest absolute Gasteiger partial charge is 0.497 e. The molecular weight excluding hydrogens is 326 g/mol. The first-order valence-electron chi connectivity index (χ1n) is 8.80. The van der Waals surface area contributed by atoms with Gasteiger partial charge in [0.05, 0.1) is 19.2 Å². The quantitative estimate of drug-likeness (QED) is 0.725. The summed E-state index contributed by atoms with van der Waals surface area (Å²) in [6.07, 6.45) is 3.34. The van der Waals surface area contributed by atoms with Crippen LogP contribution < -0.4 is 9.64 Å². The lowest BCUT2D eigenvalue weighted by Gasteiger charge is -2.27. The van der Waals surface area contributed by atoms with Gasteiger partial charge in [0, 0.05) is 24.8 Å². The van der Waals surface area contributed by atoms with E-state index in [1.807, 2.05) is 60.8 Å². The molecule has 1 aliphatic heterocycles. The van der Waals surface area contributed by atoms with Gasteiger partial charge in [0.1, 0.15) is 5.75 Å². The third-order valence-corrected chi connectivity index (χ3v) is 4.64. The maximum atomic E-state index is 12.8. The molecule has 0 aliphatic carbocycles. The van der Waals surface area contributed by atoms with E-state index in [4.69, 9.17) is 9.72 Å². The first kappa shape index (κ1) is 16.4. The Kier molecular flexibility index (Phi) is 4.44. The highest BCUT2D eigenvalue weighted by atomic mass is 16.5. The van der Waals surface area contributed by atoms with E-state index in [-0.39, 0.29) is 5.91 Å². The third-order valence-electron chi connectivity index (χ3n) is 4.64. The molecule has 0 saturated heterocycles. The van der Waals surface area contributed by atoms with Crippen molar-refractivity contribution in [2.24, 2.45) is 0 Å². The van der Waals surface area contributed by atoms with Crippen molar-refractivity contribution >= 4 is 11.9 Å². The van der Waals surface area contributed by atoms with Crippen molar-refractivity contribution in [3.05, 3.63) is 66.4 Å². The molecule has 1 amide bonds. The van der Waals surface area contributed by atoms with Gasteiger partial charge in [0.15, 0.2) is 0 Å². The molecule has 2 aromatic carbocycles. The average Bonchev–Trinajstić information content (AvgIpc) is 3.13. The zero-order chi connectivity index (χ0) is 17.9. The van der Waals surface area contributed by atoms with Crippen LogP contribution >= 0.6 is 0 Å². The molecule has 132 valence electrons. The van der Waals surface area contributed by atoms with E-state index in [0.29, 0.717) is 13.0 Å². The molecule has 0 spiro atoms. The van der Waals surface area contributed by atoms with Crippen LogP contribution in [0.3, 0.4) is 0 Å². The summed E-state index contributed by atoms with van der Waals surface area (Å²) in [4.78, 5) is 19.4. The Hall–Kier alpha value is -3.08. The van der Waals surface area contributed by atoms with E-state index in [2.05, 4.69) is 4.57 Å². The lowest BCUT2D eigenvalue weighted by Crippen LogP contribution is -2.38. The predicted octanol–water partition coefficient (Wildman–Crippen LogP) is 3.54. The number of fused-ring (bicyclic) bond motifs is 1. The molecule has 1 aromatic heterocycles. The SMILES string of the molecule is COc1cccc(-c2cn3c(n2)N(C(=O)Cc2ccccc2)CCC3)c1. The van der Waals surface area contributed by atoms with Gasteiger partial charge in [-0.1, -0.05) is 42.5 Å². The molecule has 5 nitrogen and oxygen atoms in total. The zero-order valence-electron chi connectivity index (χ0n) is 14.8. The van der Waals surface area contributed by atoms with Crippen molar-refractivity contribution in [2.75, 3.05) is 18.6 Å². The van der Waals surface area contributed by atoms with Gasteiger partial charge in [-0.15, -0.1) is 0 Å². The summed E-state index contributed by atoms with van der Waals surface area (Å²) in [6, 6.07) is 17.7. The summed E-state index contributed by atoms with van der Waals surface area (Å²) < 4.78 is 7.38. The summed E-state index contributed by atoms with van der Waals surface area (Å²) >= 11 is 0. The summed E-state index contributed by atoms with van der Waals surface area (Å²) in [5.41, 5.74) is 2.87. The number of carbonyl (C=O) groups excluding carboxylic acids is 1.